The van der Waals surface area contributed by atoms with Crippen molar-refractivity contribution in [2.75, 3.05) is 18.4 Å². The van der Waals surface area contributed by atoms with E-state index in [4.69, 9.17) is 0 Å². The molecule has 0 radical (unpaired) electrons. The third-order valence-corrected chi connectivity index (χ3v) is 7.28. The normalized spacial score (nSPS) is 15.1. The first-order valence-electron chi connectivity index (χ1n) is 10.2. The first-order chi connectivity index (χ1) is 14.5. The summed E-state index contributed by atoms with van der Waals surface area (Å²) in [6, 6.07) is 20.0. The van der Waals surface area contributed by atoms with Gasteiger partial charge in [-0.1, -0.05) is 55.0 Å². The Kier molecular flexibility index (Phi) is 6.01. The van der Waals surface area contributed by atoms with Gasteiger partial charge in [-0.2, -0.15) is 4.31 Å². The van der Waals surface area contributed by atoms with Gasteiger partial charge in [0.05, 0.1) is 10.6 Å². The zero-order valence-corrected chi connectivity index (χ0v) is 17.5. The minimum absolute atomic E-state index is 0.299. The van der Waals surface area contributed by atoms with E-state index >= 15 is 0 Å². The van der Waals surface area contributed by atoms with Gasteiger partial charge in [-0.15, -0.1) is 0 Å². The Bertz CT molecular complexity index is 1130. The van der Waals surface area contributed by atoms with E-state index in [9.17, 15) is 13.2 Å². The van der Waals surface area contributed by atoms with E-state index < -0.39 is 10.0 Å². The molecule has 1 aliphatic rings. The number of benzene rings is 3. The lowest BCUT2D eigenvalue weighted by atomic mass is 10.1. The standard InChI is InChI=1S/C23H25N3O3S/c27-23(25-22-10-6-8-19-7-2-3-9-21(19)22)24-17-18-11-13-20(14-12-18)30(28,29)26-15-4-1-5-16-26/h2-3,6-14H,1,4-5,15-17H2,(H2,24,25,27). The lowest BCUT2D eigenvalue weighted by molar-refractivity contribution is 0.252. The fraction of sp³-hybridized carbons (Fsp3) is 0.261. The van der Waals surface area contributed by atoms with Gasteiger partial charge in [-0.25, -0.2) is 13.2 Å². The first kappa shape index (κ1) is 20.4. The van der Waals surface area contributed by atoms with Crippen LogP contribution in [0.1, 0.15) is 24.8 Å². The summed E-state index contributed by atoms with van der Waals surface area (Å²) in [5, 5.41) is 7.74. The molecule has 156 valence electrons. The SMILES string of the molecule is O=C(NCc1ccc(S(=O)(=O)N2CCCCC2)cc1)Nc1cccc2ccccc12. The monoisotopic (exact) mass is 423 g/mol. The summed E-state index contributed by atoms with van der Waals surface area (Å²) in [5.74, 6) is 0. The molecule has 1 aliphatic heterocycles. The van der Waals surface area contributed by atoms with Crippen molar-refractivity contribution in [3.8, 4) is 0 Å². The molecule has 6 nitrogen and oxygen atoms in total. The Labute approximate surface area is 177 Å². The van der Waals surface area contributed by atoms with Crippen LogP contribution in [0.5, 0.6) is 0 Å². The predicted octanol–water partition coefficient (Wildman–Crippen LogP) is 4.34. The smallest absolute Gasteiger partial charge is 0.319 e. The highest BCUT2D eigenvalue weighted by molar-refractivity contribution is 7.89. The van der Waals surface area contributed by atoms with Gasteiger partial charge in [0.25, 0.3) is 0 Å². The number of rotatable bonds is 5. The van der Waals surface area contributed by atoms with Gasteiger partial charge in [0.2, 0.25) is 10.0 Å². The van der Waals surface area contributed by atoms with Crippen LogP contribution < -0.4 is 10.6 Å². The van der Waals surface area contributed by atoms with Gasteiger partial charge < -0.3 is 10.6 Å². The summed E-state index contributed by atoms with van der Waals surface area (Å²) in [7, 11) is -3.44. The zero-order valence-electron chi connectivity index (χ0n) is 16.7. The van der Waals surface area contributed by atoms with E-state index in [1.165, 1.54) is 0 Å². The maximum absolute atomic E-state index is 12.7. The lowest BCUT2D eigenvalue weighted by Crippen LogP contribution is -2.35. The van der Waals surface area contributed by atoms with E-state index in [0.717, 1.165) is 41.3 Å². The second kappa shape index (κ2) is 8.85. The molecule has 1 heterocycles. The average molecular weight is 424 g/mol. The summed E-state index contributed by atoms with van der Waals surface area (Å²) in [4.78, 5) is 12.6. The van der Waals surface area contributed by atoms with Crippen molar-refractivity contribution in [2.24, 2.45) is 0 Å². The van der Waals surface area contributed by atoms with Crippen LogP contribution in [0.15, 0.2) is 71.6 Å². The van der Waals surface area contributed by atoms with E-state index in [0.29, 0.717) is 24.5 Å². The van der Waals surface area contributed by atoms with Gasteiger partial charge in [-0.05, 0) is 42.0 Å². The molecule has 3 aromatic carbocycles. The van der Waals surface area contributed by atoms with Crippen LogP contribution in [-0.2, 0) is 16.6 Å². The first-order valence-corrected chi connectivity index (χ1v) is 11.6. The Balaban J connectivity index is 1.37. The molecule has 0 saturated carbocycles. The number of amides is 2. The van der Waals surface area contributed by atoms with Crippen LogP contribution >= 0.6 is 0 Å². The minimum Gasteiger partial charge on any atom is -0.334 e. The van der Waals surface area contributed by atoms with Crippen molar-refractivity contribution in [1.82, 2.24) is 9.62 Å². The van der Waals surface area contributed by atoms with Crippen LogP contribution in [0.3, 0.4) is 0 Å². The topological polar surface area (TPSA) is 78.5 Å². The number of carbonyl (C=O) groups excluding carboxylic acids is 1. The van der Waals surface area contributed by atoms with Gasteiger partial charge in [0, 0.05) is 25.0 Å². The number of anilines is 1. The Morgan fingerprint density at radius 3 is 2.33 bits per heavy atom. The number of urea groups is 1. The van der Waals surface area contributed by atoms with Crippen LogP contribution in [0, 0.1) is 0 Å². The van der Waals surface area contributed by atoms with E-state index in [2.05, 4.69) is 10.6 Å². The lowest BCUT2D eigenvalue weighted by Gasteiger charge is -2.25. The maximum Gasteiger partial charge on any atom is 0.319 e. The highest BCUT2D eigenvalue weighted by Crippen LogP contribution is 2.23. The number of hydrogen-bond donors (Lipinski definition) is 2. The molecule has 4 rings (SSSR count). The van der Waals surface area contributed by atoms with Crippen LogP contribution in [0.25, 0.3) is 10.8 Å². The van der Waals surface area contributed by atoms with Crippen molar-refractivity contribution in [1.29, 1.82) is 0 Å². The summed E-state index contributed by atoms with van der Waals surface area (Å²) in [6.45, 7) is 1.47. The second-order valence-electron chi connectivity index (χ2n) is 7.44. The predicted molar refractivity (Wildman–Crippen MR) is 119 cm³/mol. The van der Waals surface area contributed by atoms with Crippen molar-refractivity contribution in [3.63, 3.8) is 0 Å². The summed E-state index contributed by atoms with van der Waals surface area (Å²) < 4.78 is 27.0. The molecule has 0 atom stereocenters. The highest BCUT2D eigenvalue weighted by atomic mass is 32.2. The minimum atomic E-state index is -3.44. The van der Waals surface area contributed by atoms with Crippen molar-refractivity contribution in [3.05, 3.63) is 72.3 Å². The average Bonchev–Trinajstić information content (AvgIpc) is 2.79. The molecule has 1 saturated heterocycles. The Morgan fingerprint density at radius 2 is 1.57 bits per heavy atom. The zero-order chi connectivity index (χ0) is 21.0. The third-order valence-electron chi connectivity index (χ3n) is 5.37. The van der Waals surface area contributed by atoms with E-state index in [1.807, 2.05) is 42.5 Å². The number of fused-ring (bicyclic) bond motifs is 1. The number of carbonyl (C=O) groups is 1. The summed E-state index contributed by atoms with van der Waals surface area (Å²) in [6.07, 6.45) is 2.90. The van der Waals surface area contributed by atoms with Crippen LogP contribution in [0.4, 0.5) is 10.5 Å². The van der Waals surface area contributed by atoms with Gasteiger partial charge in [-0.3, -0.25) is 0 Å². The third kappa shape index (κ3) is 4.47. The summed E-state index contributed by atoms with van der Waals surface area (Å²) in [5.41, 5.74) is 1.58. The molecule has 2 N–H and O–H groups in total. The van der Waals surface area contributed by atoms with Crippen molar-refractivity contribution in [2.45, 2.75) is 30.7 Å². The van der Waals surface area contributed by atoms with Crippen molar-refractivity contribution >= 4 is 32.5 Å². The molecule has 0 unspecified atom stereocenters. The van der Waals surface area contributed by atoms with Gasteiger partial charge >= 0.3 is 6.03 Å². The van der Waals surface area contributed by atoms with Crippen LogP contribution in [-0.4, -0.2) is 31.8 Å². The Hall–Kier alpha value is -2.90. The number of sulfonamides is 1. The van der Waals surface area contributed by atoms with E-state index in [-0.39, 0.29) is 6.03 Å². The van der Waals surface area contributed by atoms with Gasteiger partial charge in [0.15, 0.2) is 0 Å². The molecule has 2 amide bonds. The molecule has 30 heavy (non-hydrogen) atoms. The number of hydrogen-bond acceptors (Lipinski definition) is 3. The largest absolute Gasteiger partial charge is 0.334 e. The molecule has 0 aliphatic carbocycles. The molecule has 7 heteroatoms. The number of nitrogens with zero attached hydrogens (tertiary/aromatic N) is 1. The van der Waals surface area contributed by atoms with Crippen molar-refractivity contribution < 1.29 is 13.2 Å². The van der Waals surface area contributed by atoms with Crippen LogP contribution in [0.2, 0.25) is 0 Å². The quantitative estimate of drug-likeness (QED) is 0.641. The second-order valence-corrected chi connectivity index (χ2v) is 9.38. The molecule has 0 aromatic heterocycles. The molecule has 0 bridgehead atoms. The Morgan fingerprint density at radius 1 is 0.867 bits per heavy atom. The maximum atomic E-state index is 12.7. The summed E-state index contributed by atoms with van der Waals surface area (Å²) >= 11 is 0. The number of nitrogens with one attached hydrogen (secondary N) is 2. The molecular formula is C23H25N3O3S. The molecule has 0 spiro atoms. The van der Waals surface area contributed by atoms with E-state index in [1.54, 1.807) is 28.6 Å². The number of piperidine rings is 1. The van der Waals surface area contributed by atoms with Gasteiger partial charge in [0.1, 0.15) is 0 Å². The fourth-order valence-electron chi connectivity index (χ4n) is 3.72. The molecule has 3 aromatic rings. The molecular weight excluding hydrogens is 398 g/mol. The highest BCUT2D eigenvalue weighted by Gasteiger charge is 2.25. The molecule has 1 fully saturated rings. The fourth-order valence-corrected chi connectivity index (χ4v) is 5.23.